The third-order valence-corrected chi connectivity index (χ3v) is 4.11. The molecule has 0 aliphatic rings. The zero-order valence-corrected chi connectivity index (χ0v) is 12.8. The minimum Gasteiger partial charge on any atom is -0.480 e. The Hall–Kier alpha value is -1.93. The van der Waals surface area contributed by atoms with Gasteiger partial charge in [0.2, 0.25) is 5.91 Å². The molecule has 7 nitrogen and oxygen atoms in total. The lowest BCUT2D eigenvalue weighted by Gasteiger charge is -2.20. The van der Waals surface area contributed by atoms with Gasteiger partial charge in [-0.25, -0.2) is 8.42 Å². The Labute approximate surface area is 123 Å². The van der Waals surface area contributed by atoms with E-state index in [1.807, 2.05) is 0 Å². The highest BCUT2D eigenvalue weighted by Gasteiger charge is 2.19. The maximum atomic E-state index is 11.8. The molecule has 21 heavy (non-hydrogen) atoms. The number of amides is 1. The molecule has 0 bridgehead atoms. The highest BCUT2D eigenvalue weighted by molar-refractivity contribution is 7.90. The molecule has 1 unspecified atom stereocenters. The van der Waals surface area contributed by atoms with E-state index in [0.29, 0.717) is 5.69 Å². The van der Waals surface area contributed by atoms with Crippen LogP contribution in [0.4, 0.5) is 5.69 Å². The molecule has 0 fully saturated rings. The number of carboxylic acids is 1. The van der Waals surface area contributed by atoms with Gasteiger partial charge in [0.1, 0.15) is 6.04 Å². The summed E-state index contributed by atoms with van der Waals surface area (Å²) < 4.78 is 22.6. The van der Waals surface area contributed by atoms with Gasteiger partial charge in [-0.2, -0.15) is 0 Å². The number of nitrogens with one attached hydrogen (secondary N) is 1. The van der Waals surface area contributed by atoms with E-state index in [4.69, 9.17) is 5.11 Å². The van der Waals surface area contributed by atoms with Gasteiger partial charge in [0.15, 0.2) is 9.84 Å². The highest BCUT2D eigenvalue weighted by Crippen LogP contribution is 2.13. The van der Waals surface area contributed by atoms with Gasteiger partial charge in [0.05, 0.1) is 11.4 Å². The summed E-state index contributed by atoms with van der Waals surface area (Å²) in [4.78, 5) is 24.1. The van der Waals surface area contributed by atoms with Crippen LogP contribution in [-0.4, -0.2) is 56.2 Å². The Morgan fingerprint density at radius 3 is 2.24 bits per heavy atom. The third-order valence-electron chi connectivity index (χ3n) is 2.98. The largest absolute Gasteiger partial charge is 0.480 e. The summed E-state index contributed by atoms with van der Waals surface area (Å²) in [6.07, 6.45) is 1.10. The zero-order chi connectivity index (χ0) is 16.2. The van der Waals surface area contributed by atoms with Crippen molar-refractivity contribution < 1.29 is 23.1 Å². The number of sulfone groups is 1. The van der Waals surface area contributed by atoms with Crippen molar-refractivity contribution in [3.8, 4) is 0 Å². The summed E-state index contributed by atoms with van der Waals surface area (Å²) in [5, 5.41) is 11.4. The van der Waals surface area contributed by atoms with Crippen LogP contribution in [0.2, 0.25) is 0 Å². The van der Waals surface area contributed by atoms with Crippen LogP contribution in [0.25, 0.3) is 0 Å². The van der Waals surface area contributed by atoms with Gasteiger partial charge in [0, 0.05) is 11.9 Å². The molecule has 0 aliphatic heterocycles. The van der Waals surface area contributed by atoms with Gasteiger partial charge in [-0.15, -0.1) is 0 Å². The maximum Gasteiger partial charge on any atom is 0.320 e. The van der Waals surface area contributed by atoms with E-state index in [1.54, 1.807) is 0 Å². The number of benzene rings is 1. The quantitative estimate of drug-likeness (QED) is 0.789. The Morgan fingerprint density at radius 2 is 1.81 bits per heavy atom. The summed E-state index contributed by atoms with van der Waals surface area (Å²) >= 11 is 0. The number of aliphatic carboxylic acids is 1. The van der Waals surface area contributed by atoms with E-state index in [-0.39, 0.29) is 17.3 Å². The van der Waals surface area contributed by atoms with Crippen molar-refractivity contribution in [3.05, 3.63) is 24.3 Å². The minimum atomic E-state index is -3.27. The fourth-order valence-electron chi connectivity index (χ4n) is 1.54. The number of carbonyl (C=O) groups excluding carboxylic acids is 1. The van der Waals surface area contributed by atoms with Gasteiger partial charge in [-0.1, -0.05) is 0 Å². The van der Waals surface area contributed by atoms with E-state index in [0.717, 1.165) is 6.26 Å². The second-order valence-corrected chi connectivity index (χ2v) is 6.79. The summed E-state index contributed by atoms with van der Waals surface area (Å²) in [7, 11) is -1.74. The van der Waals surface area contributed by atoms with Crippen molar-refractivity contribution >= 4 is 27.4 Å². The first kappa shape index (κ1) is 17.1. The molecule has 1 rings (SSSR count). The van der Waals surface area contributed by atoms with Crippen molar-refractivity contribution in [1.29, 1.82) is 0 Å². The SMILES string of the molecule is CC(C(=O)O)N(C)CC(=O)Nc1ccc(S(C)(=O)=O)cc1. The number of hydrogen-bond acceptors (Lipinski definition) is 5. The molecule has 2 N–H and O–H groups in total. The molecule has 116 valence electrons. The molecule has 0 aliphatic carbocycles. The van der Waals surface area contributed by atoms with E-state index >= 15 is 0 Å². The Balaban J connectivity index is 2.65. The number of nitrogens with zero attached hydrogens (tertiary/aromatic N) is 1. The number of carbonyl (C=O) groups is 2. The molecule has 0 heterocycles. The average molecular weight is 314 g/mol. The van der Waals surface area contributed by atoms with Crippen molar-refractivity contribution in [3.63, 3.8) is 0 Å². The molecule has 0 saturated heterocycles. The summed E-state index contributed by atoms with van der Waals surface area (Å²) in [5.74, 6) is -1.39. The molecule has 1 aromatic rings. The number of hydrogen-bond donors (Lipinski definition) is 2. The predicted molar refractivity (Wildman–Crippen MR) is 77.9 cm³/mol. The fourth-order valence-corrected chi connectivity index (χ4v) is 2.17. The van der Waals surface area contributed by atoms with Gasteiger partial charge in [0.25, 0.3) is 0 Å². The summed E-state index contributed by atoms with van der Waals surface area (Å²) in [6, 6.07) is 4.98. The number of rotatable bonds is 6. The molecule has 0 spiro atoms. The average Bonchev–Trinajstić information content (AvgIpc) is 2.36. The Morgan fingerprint density at radius 1 is 1.29 bits per heavy atom. The first-order valence-corrected chi connectivity index (χ1v) is 8.03. The lowest BCUT2D eigenvalue weighted by molar-refractivity contribution is -0.142. The van der Waals surface area contributed by atoms with Crippen molar-refractivity contribution in [2.24, 2.45) is 0 Å². The second kappa shape index (κ2) is 6.68. The van der Waals surface area contributed by atoms with E-state index < -0.39 is 21.8 Å². The maximum absolute atomic E-state index is 11.8. The smallest absolute Gasteiger partial charge is 0.320 e. The van der Waals surface area contributed by atoms with Gasteiger partial charge in [-0.3, -0.25) is 14.5 Å². The number of carboxylic acid groups (broad SMARTS) is 1. The van der Waals surface area contributed by atoms with Gasteiger partial charge in [-0.05, 0) is 38.2 Å². The number of likely N-dealkylation sites (N-methyl/N-ethyl adjacent to an activating group) is 1. The third kappa shape index (κ3) is 5.16. The zero-order valence-electron chi connectivity index (χ0n) is 12.0. The summed E-state index contributed by atoms with van der Waals surface area (Å²) in [5.41, 5.74) is 0.448. The van der Waals surface area contributed by atoms with Crippen LogP contribution in [-0.2, 0) is 19.4 Å². The van der Waals surface area contributed by atoms with Crippen LogP contribution in [0.1, 0.15) is 6.92 Å². The first-order chi connectivity index (χ1) is 9.61. The molecular weight excluding hydrogens is 296 g/mol. The lowest BCUT2D eigenvalue weighted by atomic mass is 10.3. The Bertz CT molecular complexity index is 624. The summed E-state index contributed by atoms with van der Waals surface area (Å²) in [6.45, 7) is 1.40. The minimum absolute atomic E-state index is 0.0820. The molecule has 1 amide bonds. The second-order valence-electron chi connectivity index (χ2n) is 4.77. The Kier molecular flexibility index (Phi) is 5.45. The highest BCUT2D eigenvalue weighted by atomic mass is 32.2. The molecule has 0 aromatic heterocycles. The molecule has 0 saturated carbocycles. The normalized spacial score (nSPS) is 13.0. The molecule has 0 radical (unpaired) electrons. The van der Waals surface area contributed by atoms with Gasteiger partial charge >= 0.3 is 5.97 Å². The first-order valence-electron chi connectivity index (χ1n) is 6.14. The van der Waals surface area contributed by atoms with Crippen molar-refractivity contribution in [1.82, 2.24) is 4.90 Å². The van der Waals surface area contributed by atoms with Crippen LogP contribution < -0.4 is 5.32 Å². The van der Waals surface area contributed by atoms with E-state index in [2.05, 4.69) is 5.32 Å². The topological polar surface area (TPSA) is 104 Å². The molecule has 8 heteroatoms. The van der Waals surface area contributed by atoms with Crippen molar-refractivity contribution in [2.45, 2.75) is 17.9 Å². The number of anilines is 1. The molecule has 1 atom stereocenters. The van der Waals surface area contributed by atoms with E-state index in [1.165, 1.54) is 43.1 Å². The van der Waals surface area contributed by atoms with Crippen LogP contribution >= 0.6 is 0 Å². The van der Waals surface area contributed by atoms with Crippen LogP contribution in [0.5, 0.6) is 0 Å². The van der Waals surface area contributed by atoms with Crippen LogP contribution in [0, 0.1) is 0 Å². The van der Waals surface area contributed by atoms with E-state index in [9.17, 15) is 18.0 Å². The lowest BCUT2D eigenvalue weighted by Crippen LogP contribution is -2.40. The monoisotopic (exact) mass is 314 g/mol. The molecular formula is C13H18N2O5S. The van der Waals surface area contributed by atoms with Crippen molar-refractivity contribution in [2.75, 3.05) is 25.2 Å². The fraction of sp³-hybridized carbons (Fsp3) is 0.385. The van der Waals surface area contributed by atoms with Crippen LogP contribution in [0.15, 0.2) is 29.2 Å². The predicted octanol–water partition coefficient (Wildman–Crippen LogP) is 0.434. The van der Waals surface area contributed by atoms with Crippen LogP contribution in [0.3, 0.4) is 0 Å². The molecule has 1 aromatic carbocycles. The van der Waals surface area contributed by atoms with Gasteiger partial charge < -0.3 is 10.4 Å². The standard InChI is InChI=1S/C13H18N2O5S/c1-9(13(17)18)15(2)8-12(16)14-10-4-6-11(7-5-10)21(3,19)20/h4-7,9H,8H2,1-3H3,(H,14,16)(H,17,18).